The van der Waals surface area contributed by atoms with Crippen LogP contribution < -0.4 is 4.74 Å². The molecule has 0 unspecified atom stereocenters. The van der Waals surface area contributed by atoms with Gasteiger partial charge in [-0.15, -0.1) is 0 Å². The average Bonchev–Trinajstić information content (AvgIpc) is 3.43. The van der Waals surface area contributed by atoms with Gasteiger partial charge in [0.1, 0.15) is 5.75 Å². The summed E-state index contributed by atoms with van der Waals surface area (Å²) in [5.74, 6) is -2.53. The van der Waals surface area contributed by atoms with Crippen LogP contribution in [0.2, 0.25) is 0 Å². The molecule has 6 nitrogen and oxygen atoms in total. The minimum absolute atomic E-state index is 0.188. The highest BCUT2D eigenvalue weighted by Crippen LogP contribution is 2.37. The molecule has 0 radical (unpaired) electrons. The largest absolute Gasteiger partial charge is 0.493 e. The van der Waals surface area contributed by atoms with E-state index in [-0.39, 0.29) is 11.6 Å². The molecule has 1 amide bonds. The molecule has 3 aromatic rings. The van der Waals surface area contributed by atoms with Gasteiger partial charge in [0, 0.05) is 24.0 Å². The van der Waals surface area contributed by atoms with Crippen LogP contribution in [0.5, 0.6) is 5.75 Å². The average molecular weight is 489 g/mol. The zero-order valence-electron chi connectivity index (χ0n) is 21.0. The van der Waals surface area contributed by atoms with Crippen molar-refractivity contribution in [3.05, 3.63) is 84.2 Å². The lowest BCUT2D eigenvalue weighted by atomic mass is 10.0. The zero-order chi connectivity index (χ0) is 25.4. The van der Waals surface area contributed by atoms with Crippen LogP contribution in [0.1, 0.15) is 74.2 Å². The van der Waals surface area contributed by atoms with Gasteiger partial charge in [-0.1, -0.05) is 69.4 Å². The first-order valence-corrected chi connectivity index (χ1v) is 13.0. The number of carbonyl (C=O) groups is 1. The SMILES string of the molecule is CCCCCCOc1ccccc1C(O)(O)N(C(=O)c1ccc(-c2cccnc2)cc1)C1CCCC1. The fourth-order valence-corrected chi connectivity index (χ4v) is 4.91. The van der Waals surface area contributed by atoms with E-state index >= 15 is 0 Å². The van der Waals surface area contributed by atoms with Crippen LogP contribution >= 0.6 is 0 Å². The van der Waals surface area contributed by atoms with Gasteiger partial charge in [0.15, 0.2) is 0 Å². The Morgan fingerprint density at radius 2 is 1.72 bits per heavy atom. The fourth-order valence-electron chi connectivity index (χ4n) is 4.91. The Hall–Kier alpha value is -3.22. The normalized spacial score (nSPS) is 14.1. The molecule has 0 saturated heterocycles. The van der Waals surface area contributed by atoms with E-state index in [1.807, 2.05) is 24.3 Å². The summed E-state index contributed by atoms with van der Waals surface area (Å²) >= 11 is 0. The van der Waals surface area contributed by atoms with Crippen LogP contribution in [-0.4, -0.2) is 38.7 Å². The molecule has 1 fully saturated rings. The Kier molecular flexibility index (Phi) is 8.73. The number of para-hydroxylation sites is 1. The highest BCUT2D eigenvalue weighted by atomic mass is 16.5. The number of aliphatic hydroxyl groups is 2. The van der Waals surface area contributed by atoms with E-state index in [2.05, 4.69) is 11.9 Å². The van der Waals surface area contributed by atoms with Gasteiger partial charge < -0.3 is 14.9 Å². The third kappa shape index (κ3) is 5.94. The minimum atomic E-state index is -2.51. The second kappa shape index (κ2) is 12.2. The quantitative estimate of drug-likeness (QED) is 0.260. The predicted molar refractivity (Wildman–Crippen MR) is 140 cm³/mol. The Morgan fingerprint density at radius 3 is 2.42 bits per heavy atom. The van der Waals surface area contributed by atoms with Gasteiger partial charge in [-0.2, -0.15) is 0 Å². The molecule has 1 heterocycles. The maximum absolute atomic E-state index is 13.8. The van der Waals surface area contributed by atoms with Crippen molar-refractivity contribution in [3.63, 3.8) is 0 Å². The smallest absolute Gasteiger partial charge is 0.281 e. The van der Waals surface area contributed by atoms with Crippen molar-refractivity contribution in [1.82, 2.24) is 9.88 Å². The fraction of sp³-hybridized carbons (Fsp3) is 0.400. The number of amides is 1. The molecule has 4 rings (SSSR count). The van der Waals surface area contributed by atoms with Crippen LogP contribution in [0.4, 0.5) is 0 Å². The molecular weight excluding hydrogens is 452 g/mol. The Morgan fingerprint density at radius 1 is 0.972 bits per heavy atom. The second-order valence-electron chi connectivity index (χ2n) is 9.47. The lowest BCUT2D eigenvalue weighted by Crippen LogP contribution is -2.54. The van der Waals surface area contributed by atoms with Gasteiger partial charge in [0.2, 0.25) is 0 Å². The molecule has 36 heavy (non-hydrogen) atoms. The van der Waals surface area contributed by atoms with Crippen molar-refractivity contribution < 1.29 is 19.7 Å². The molecule has 1 saturated carbocycles. The van der Waals surface area contributed by atoms with Gasteiger partial charge in [-0.05, 0) is 60.7 Å². The van der Waals surface area contributed by atoms with Gasteiger partial charge in [0.25, 0.3) is 11.8 Å². The van der Waals surface area contributed by atoms with E-state index in [0.717, 1.165) is 62.5 Å². The molecule has 0 atom stereocenters. The molecule has 1 aliphatic carbocycles. The maximum Gasteiger partial charge on any atom is 0.281 e. The Balaban J connectivity index is 1.61. The van der Waals surface area contributed by atoms with Crippen molar-refractivity contribution in [2.24, 2.45) is 0 Å². The number of unbranched alkanes of at least 4 members (excludes halogenated alkanes) is 3. The van der Waals surface area contributed by atoms with Crippen molar-refractivity contribution in [1.29, 1.82) is 0 Å². The highest BCUT2D eigenvalue weighted by Gasteiger charge is 2.45. The summed E-state index contributed by atoms with van der Waals surface area (Å²) in [7, 11) is 0. The van der Waals surface area contributed by atoms with Crippen molar-refractivity contribution in [2.45, 2.75) is 70.2 Å². The molecule has 2 N–H and O–H groups in total. The number of benzene rings is 2. The van der Waals surface area contributed by atoms with Crippen LogP contribution in [0.3, 0.4) is 0 Å². The minimum Gasteiger partial charge on any atom is -0.493 e. The number of ether oxygens (including phenoxy) is 1. The number of nitrogens with zero attached hydrogens (tertiary/aromatic N) is 2. The molecule has 190 valence electrons. The summed E-state index contributed by atoms with van der Waals surface area (Å²) < 4.78 is 5.97. The van der Waals surface area contributed by atoms with E-state index in [9.17, 15) is 15.0 Å². The maximum atomic E-state index is 13.8. The van der Waals surface area contributed by atoms with Crippen LogP contribution in [-0.2, 0) is 5.91 Å². The zero-order valence-corrected chi connectivity index (χ0v) is 21.0. The number of aromatic nitrogens is 1. The van der Waals surface area contributed by atoms with E-state index in [4.69, 9.17) is 4.74 Å². The molecule has 0 spiro atoms. The lowest BCUT2D eigenvalue weighted by Gasteiger charge is -2.40. The molecule has 1 aliphatic rings. The highest BCUT2D eigenvalue weighted by molar-refractivity contribution is 5.95. The van der Waals surface area contributed by atoms with Crippen molar-refractivity contribution in [3.8, 4) is 16.9 Å². The molecule has 2 aromatic carbocycles. The molecular formula is C30H36N2O4. The first kappa shape index (κ1) is 25.9. The molecule has 1 aromatic heterocycles. The van der Waals surface area contributed by atoms with E-state index < -0.39 is 11.8 Å². The van der Waals surface area contributed by atoms with E-state index in [0.29, 0.717) is 17.9 Å². The number of carbonyl (C=O) groups excluding carboxylic acids is 1. The van der Waals surface area contributed by atoms with E-state index in [1.165, 1.54) is 4.90 Å². The topological polar surface area (TPSA) is 82.9 Å². The first-order valence-electron chi connectivity index (χ1n) is 13.0. The summed E-state index contributed by atoms with van der Waals surface area (Å²) in [6, 6.07) is 17.6. The number of rotatable bonds is 11. The van der Waals surface area contributed by atoms with Gasteiger partial charge in [-0.25, -0.2) is 0 Å². The second-order valence-corrected chi connectivity index (χ2v) is 9.47. The number of hydrogen-bond donors (Lipinski definition) is 2. The lowest BCUT2D eigenvalue weighted by molar-refractivity contribution is -0.266. The Bertz CT molecular complexity index is 1110. The molecule has 0 aliphatic heterocycles. The monoisotopic (exact) mass is 488 g/mol. The summed E-state index contributed by atoms with van der Waals surface area (Å²) in [4.78, 5) is 19.2. The van der Waals surface area contributed by atoms with Crippen LogP contribution in [0.25, 0.3) is 11.1 Å². The Labute approximate surface area is 213 Å². The number of hydrogen-bond acceptors (Lipinski definition) is 5. The van der Waals surface area contributed by atoms with Crippen LogP contribution in [0.15, 0.2) is 73.1 Å². The van der Waals surface area contributed by atoms with Gasteiger partial charge in [-0.3, -0.25) is 14.7 Å². The standard InChI is InChI=1S/C30H36N2O4/c1-2-3-4-9-21-36-28-15-8-7-14-27(28)30(34,35)32(26-12-5-6-13-26)29(33)24-18-16-23(17-19-24)25-11-10-20-31-22-25/h7-8,10-11,14-20,22,26,34-35H,2-6,9,12-13,21H2,1H3. The first-order chi connectivity index (χ1) is 17.5. The summed E-state index contributed by atoms with van der Waals surface area (Å²) in [6.07, 6.45) is 11.0. The predicted octanol–water partition coefficient (Wildman–Crippen LogP) is 5.89. The third-order valence-electron chi connectivity index (χ3n) is 6.88. The third-order valence-corrected chi connectivity index (χ3v) is 6.88. The number of pyridine rings is 1. The van der Waals surface area contributed by atoms with Gasteiger partial charge in [0.05, 0.1) is 12.2 Å². The summed E-state index contributed by atoms with van der Waals surface area (Å²) in [5, 5.41) is 23.1. The molecule has 0 bridgehead atoms. The van der Waals surface area contributed by atoms with Crippen molar-refractivity contribution >= 4 is 5.91 Å². The van der Waals surface area contributed by atoms with Crippen LogP contribution in [0, 0.1) is 0 Å². The van der Waals surface area contributed by atoms with E-state index in [1.54, 1.807) is 48.8 Å². The van der Waals surface area contributed by atoms with Gasteiger partial charge >= 0.3 is 0 Å². The van der Waals surface area contributed by atoms with Crippen molar-refractivity contribution in [2.75, 3.05) is 6.61 Å². The summed E-state index contributed by atoms with van der Waals surface area (Å²) in [5.41, 5.74) is 2.48. The summed E-state index contributed by atoms with van der Waals surface area (Å²) in [6.45, 7) is 2.64. The molecule has 6 heteroatoms.